The van der Waals surface area contributed by atoms with Crippen LogP contribution in [0.5, 0.6) is 0 Å². The van der Waals surface area contributed by atoms with Gasteiger partial charge in [-0.25, -0.2) is 0 Å². The molecule has 0 saturated heterocycles. The van der Waals surface area contributed by atoms with Gasteiger partial charge in [0.2, 0.25) is 0 Å². The van der Waals surface area contributed by atoms with E-state index in [1.165, 1.54) is 6.20 Å². The molecule has 0 amide bonds. The van der Waals surface area contributed by atoms with E-state index >= 15 is 0 Å². The molecule has 0 atom stereocenters. The Labute approximate surface area is 54.9 Å². The Morgan fingerprint density at radius 2 is 2.11 bits per heavy atom. The minimum atomic E-state index is -1.43. The molecule has 9 heavy (non-hydrogen) atoms. The second kappa shape index (κ2) is 4.29. The first-order valence-corrected chi connectivity index (χ1v) is 2.70. The number of rotatable bonds is 2. The van der Waals surface area contributed by atoms with E-state index in [1.807, 2.05) is 0 Å². The van der Waals surface area contributed by atoms with Crippen LogP contribution in [0, 0.1) is 0 Å². The van der Waals surface area contributed by atoms with E-state index in [9.17, 15) is 0 Å². The molecule has 0 aromatic heterocycles. The molecule has 3 nitrogen and oxygen atoms in total. The SMILES string of the molecule is C/C=C\N=C(/C)B(O)O. The molecule has 0 rings (SSSR count). The summed E-state index contributed by atoms with van der Waals surface area (Å²) in [6.07, 6.45) is 3.22. The molecule has 0 fully saturated rings. The summed E-state index contributed by atoms with van der Waals surface area (Å²) in [7, 11) is -1.43. The van der Waals surface area contributed by atoms with E-state index in [2.05, 4.69) is 4.99 Å². The molecule has 50 valence electrons. The first kappa shape index (κ1) is 8.39. The molecule has 0 heterocycles. The first-order valence-electron chi connectivity index (χ1n) is 2.70. The van der Waals surface area contributed by atoms with Crippen LogP contribution >= 0.6 is 0 Å². The maximum atomic E-state index is 8.44. The van der Waals surface area contributed by atoms with E-state index in [-0.39, 0.29) is 0 Å². The lowest BCUT2D eigenvalue weighted by molar-refractivity contribution is 0.430. The Morgan fingerprint density at radius 1 is 1.56 bits per heavy atom. The van der Waals surface area contributed by atoms with Crippen molar-refractivity contribution in [2.75, 3.05) is 0 Å². The van der Waals surface area contributed by atoms with Crippen LogP contribution in [-0.2, 0) is 0 Å². The second-order valence-corrected chi connectivity index (χ2v) is 1.63. The number of allylic oxidation sites excluding steroid dienone is 1. The molecule has 2 N–H and O–H groups in total. The normalized spacial score (nSPS) is 12.7. The lowest BCUT2D eigenvalue weighted by Crippen LogP contribution is -2.21. The fraction of sp³-hybridized carbons (Fsp3) is 0.400. The Bertz CT molecular complexity index is 131. The smallest absolute Gasteiger partial charge is 0.422 e. The van der Waals surface area contributed by atoms with Crippen molar-refractivity contribution in [1.82, 2.24) is 0 Å². The molecular weight excluding hydrogens is 117 g/mol. The van der Waals surface area contributed by atoms with Crippen molar-refractivity contribution in [3.63, 3.8) is 0 Å². The predicted molar refractivity (Wildman–Crippen MR) is 38.1 cm³/mol. The molecule has 0 radical (unpaired) electrons. The monoisotopic (exact) mass is 127 g/mol. The Balaban J connectivity index is 3.84. The van der Waals surface area contributed by atoms with Gasteiger partial charge in [-0.05, 0) is 13.8 Å². The summed E-state index contributed by atoms with van der Waals surface area (Å²) < 4.78 is 0. The molecule has 0 aliphatic heterocycles. The minimum absolute atomic E-state index is 0.299. The van der Waals surface area contributed by atoms with Crippen molar-refractivity contribution < 1.29 is 10.0 Å². The van der Waals surface area contributed by atoms with E-state index < -0.39 is 7.12 Å². The van der Waals surface area contributed by atoms with Crippen LogP contribution in [0.1, 0.15) is 13.8 Å². The number of nitrogens with zero attached hydrogens (tertiary/aromatic N) is 1. The van der Waals surface area contributed by atoms with Crippen molar-refractivity contribution in [1.29, 1.82) is 0 Å². The van der Waals surface area contributed by atoms with Gasteiger partial charge in [-0.1, -0.05) is 6.08 Å². The fourth-order valence-electron chi connectivity index (χ4n) is 0.259. The van der Waals surface area contributed by atoms with Gasteiger partial charge in [-0.2, -0.15) is 0 Å². The molecule has 4 heteroatoms. The van der Waals surface area contributed by atoms with E-state index in [4.69, 9.17) is 10.0 Å². The van der Waals surface area contributed by atoms with Crippen molar-refractivity contribution in [3.8, 4) is 0 Å². The lowest BCUT2D eigenvalue weighted by Gasteiger charge is -1.91. The van der Waals surface area contributed by atoms with Gasteiger partial charge in [0.25, 0.3) is 0 Å². The highest BCUT2D eigenvalue weighted by atomic mass is 16.4. The zero-order chi connectivity index (χ0) is 7.28. The van der Waals surface area contributed by atoms with Crippen molar-refractivity contribution in [3.05, 3.63) is 12.3 Å². The van der Waals surface area contributed by atoms with Gasteiger partial charge >= 0.3 is 7.12 Å². The van der Waals surface area contributed by atoms with Gasteiger partial charge in [0.1, 0.15) is 0 Å². The van der Waals surface area contributed by atoms with Crippen LogP contribution in [0.4, 0.5) is 0 Å². The summed E-state index contributed by atoms with van der Waals surface area (Å²) in [6.45, 7) is 3.35. The van der Waals surface area contributed by atoms with Gasteiger partial charge in [0.05, 0.1) is 0 Å². The molecule has 0 aromatic rings. The highest BCUT2D eigenvalue weighted by molar-refractivity contribution is 6.79. The van der Waals surface area contributed by atoms with Crippen LogP contribution in [0.25, 0.3) is 0 Å². The summed E-state index contributed by atoms with van der Waals surface area (Å²) >= 11 is 0. The zero-order valence-electron chi connectivity index (χ0n) is 5.57. The largest absolute Gasteiger partial charge is 0.503 e. The Hall–Kier alpha value is -0.605. The summed E-state index contributed by atoms with van der Waals surface area (Å²) in [5.74, 6) is 0. The molecule has 0 spiro atoms. The van der Waals surface area contributed by atoms with Crippen LogP contribution in [-0.4, -0.2) is 22.8 Å². The van der Waals surface area contributed by atoms with E-state index in [0.717, 1.165) is 0 Å². The number of hydrogen-bond donors (Lipinski definition) is 2. The quantitative estimate of drug-likeness (QED) is 0.405. The average Bonchev–Trinajstić information content (AvgIpc) is 1.82. The molecule has 0 aliphatic carbocycles. The van der Waals surface area contributed by atoms with Crippen LogP contribution in [0.2, 0.25) is 0 Å². The molecule has 0 aliphatic rings. The zero-order valence-corrected chi connectivity index (χ0v) is 5.57. The highest BCUT2D eigenvalue weighted by Gasteiger charge is 2.08. The molecule has 0 saturated carbocycles. The van der Waals surface area contributed by atoms with E-state index in [1.54, 1.807) is 19.9 Å². The predicted octanol–water partition coefficient (Wildman–Crippen LogP) is -0.00710. The maximum Gasteiger partial charge on any atom is 0.503 e. The molecule has 0 aromatic carbocycles. The second-order valence-electron chi connectivity index (χ2n) is 1.63. The van der Waals surface area contributed by atoms with Gasteiger partial charge in [0, 0.05) is 11.8 Å². The van der Waals surface area contributed by atoms with Gasteiger partial charge in [-0.15, -0.1) is 0 Å². The highest BCUT2D eigenvalue weighted by Crippen LogP contribution is 1.81. The van der Waals surface area contributed by atoms with E-state index in [0.29, 0.717) is 5.61 Å². The topological polar surface area (TPSA) is 52.8 Å². The summed E-state index contributed by atoms with van der Waals surface area (Å²) in [5, 5.41) is 16.9. The van der Waals surface area contributed by atoms with Crippen LogP contribution < -0.4 is 0 Å². The van der Waals surface area contributed by atoms with Crippen molar-refractivity contribution in [2.45, 2.75) is 13.8 Å². The maximum absolute atomic E-state index is 8.44. The standard InChI is InChI=1S/C5H10BNO2/c1-3-4-7-5(2)6(8)9/h3-4,8-9H,1-2H3/b4-3-,7-5+. The average molecular weight is 127 g/mol. The van der Waals surface area contributed by atoms with Crippen LogP contribution in [0.3, 0.4) is 0 Å². The summed E-state index contributed by atoms with van der Waals surface area (Å²) in [6, 6.07) is 0. The van der Waals surface area contributed by atoms with Gasteiger partial charge < -0.3 is 10.0 Å². The van der Waals surface area contributed by atoms with Crippen LogP contribution in [0.15, 0.2) is 17.3 Å². The molecule has 0 unspecified atom stereocenters. The minimum Gasteiger partial charge on any atom is -0.422 e. The lowest BCUT2D eigenvalue weighted by atomic mass is 9.85. The third-order valence-electron chi connectivity index (χ3n) is 0.801. The summed E-state index contributed by atoms with van der Waals surface area (Å²) in [4.78, 5) is 3.68. The third kappa shape index (κ3) is 3.94. The number of aliphatic imine (C=N–C) groups is 1. The molecule has 0 bridgehead atoms. The van der Waals surface area contributed by atoms with Crippen molar-refractivity contribution >= 4 is 12.7 Å². The Morgan fingerprint density at radius 3 is 2.44 bits per heavy atom. The van der Waals surface area contributed by atoms with Gasteiger partial charge in [0.15, 0.2) is 0 Å². The molecular formula is C5H10BNO2. The number of hydrogen-bond acceptors (Lipinski definition) is 3. The van der Waals surface area contributed by atoms with Gasteiger partial charge in [-0.3, -0.25) is 4.99 Å². The van der Waals surface area contributed by atoms with Crippen molar-refractivity contribution in [2.24, 2.45) is 4.99 Å². The first-order chi connectivity index (χ1) is 4.18. The Kier molecular flexibility index (Phi) is 4.00. The third-order valence-corrected chi connectivity index (χ3v) is 0.801. The summed E-state index contributed by atoms with van der Waals surface area (Å²) in [5.41, 5.74) is 0.299. The fourth-order valence-corrected chi connectivity index (χ4v) is 0.259.